The van der Waals surface area contributed by atoms with Crippen molar-refractivity contribution >= 4 is 33.2 Å². The van der Waals surface area contributed by atoms with Gasteiger partial charge in [-0.05, 0) is 53.4 Å². The topological polar surface area (TPSA) is 55.6 Å². The van der Waals surface area contributed by atoms with Gasteiger partial charge in [-0.25, -0.2) is 9.37 Å². The van der Waals surface area contributed by atoms with Gasteiger partial charge in [-0.1, -0.05) is 0 Å². The number of hydrogen-bond acceptors (Lipinski definition) is 3. The van der Waals surface area contributed by atoms with Gasteiger partial charge in [0.15, 0.2) is 17.2 Å². The lowest BCUT2D eigenvalue weighted by molar-refractivity contribution is 0.102. The van der Waals surface area contributed by atoms with Crippen molar-refractivity contribution in [2.24, 2.45) is 0 Å². The standard InChI is InChI=1S/C18H15BrFN3O2/c19-14-8-11(10-23-7-6-21-17(14)23)18(24)22-12-4-5-16(15(20)9-12)25-13-2-1-3-13/h4-10,13H,1-3H2,(H,22,24). The van der Waals surface area contributed by atoms with E-state index in [0.29, 0.717) is 15.7 Å². The Labute approximate surface area is 152 Å². The van der Waals surface area contributed by atoms with E-state index in [-0.39, 0.29) is 17.8 Å². The SMILES string of the molecule is O=C(Nc1ccc(OC2CCC2)c(F)c1)c1cc(Br)c2nccn2c1. The molecule has 0 spiro atoms. The van der Waals surface area contributed by atoms with Gasteiger partial charge in [0.1, 0.15) is 0 Å². The van der Waals surface area contributed by atoms with Crippen LogP contribution in [0.3, 0.4) is 0 Å². The summed E-state index contributed by atoms with van der Waals surface area (Å²) in [4.78, 5) is 16.6. The average molecular weight is 404 g/mol. The van der Waals surface area contributed by atoms with Crippen molar-refractivity contribution in [2.75, 3.05) is 5.32 Å². The molecular formula is C18H15BrFN3O2. The second-order valence-corrected chi connectivity index (χ2v) is 6.86. The number of anilines is 1. The van der Waals surface area contributed by atoms with Gasteiger partial charge in [0.25, 0.3) is 5.91 Å². The molecule has 25 heavy (non-hydrogen) atoms. The summed E-state index contributed by atoms with van der Waals surface area (Å²) in [5.74, 6) is -0.579. The van der Waals surface area contributed by atoms with Crippen LogP contribution in [-0.2, 0) is 0 Å². The molecule has 0 bridgehead atoms. The van der Waals surface area contributed by atoms with Crippen molar-refractivity contribution in [3.05, 3.63) is 58.7 Å². The van der Waals surface area contributed by atoms with Crippen molar-refractivity contribution < 1.29 is 13.9 Å². The molecule has 0 radical (unpaired) electrons. The van der Waals surface area contributed by atoms with Crippen LogP contribution >= 0.6 is 15.9 Å². The largest absolute Gasteiger partial charge is 0.487 e. The lowest BCUT2D eigenvalue weighted by atomic mass is 9.96. The van der Waals surface area contributed by atoms with E-state index in [1.165, 1.54) is 6.07 Å². The highest BCUT2D eigenvalue weighted by atomic mass is 79.9. The number of rotatable bonds is 4. The zero-order valence-electron chi connectivity index (χ0n) is 13.2. The van der Waals surface area contributed by atoms with Gasteiger partial charge >= 0.3 is 0 Å². The molecule has 1 aromatic carbocycles. The van der Waals surface area contributed by atoms with E-state index >= 15 is 0 Å². The van der Waals surface area contributed by atoms with E-state index < -0.39 is 5.82 Å². The number of pyridine rings is 1. The molecule has 0 unspecified atom stereocenters. The zero-order chi connectivity index (χ0) is 17.4. The number of amides is 1. The van der Waals surface area contributed by atoms with Crippen LogP contribution in [0.2, 0.25) is 0 Å². The van der Waals surface area contributed by atoms with Crippen molar-refractivity contribution in [1.29, 1.82) is 0 Å². The van der Waals surface area contributed by atoms with Crippen molar-refractivity contribution in [2.45, 2.75) is 25.4 Å². The fraction of sp³-hybridized carbons (Fsp3) is 0.222. The molecule has 7 heteroatoms. The number of ether oxygens (including phenoxy) is 1. The number of carbonyl (C=O) groups excluding carboxylic acids is 1. The van der Waals surface area contributed by atoms with Crippen LogP contribution in [-0.4, -0.2) is 21.4 Å². The third-order valence-electron chi connectivity index (χ3n) is 4.24. The predicted octanol–water partition coefficient (Wildman–Crippen LogP) is 4.42. The zero-order valence-corrected chi connectivity index (χ0v) is 14.8. The van der Waals surface area contributed by atoms with Crippen LogP contribution in [0.25, 0.3) is 5.65 Å². The first-order valence-electron chi connectivity index (χ1n) is 8.00. The maximum Gasteiger partial charge on any atom is 0.257 e. The Kier molecular flexibility index (Phi) is 4.17. The number of imidazole rings is 1. The van der Waals surface area contributed by atoms with E-state index in [0.717, 1.165) is 24.9 Å². The molecule has 0 aliphatic heterocycles. The average Bonchev–Trinajstić information content (AvgIpc) is 3.01. The van der Waals surface area contributed by atoms with Crippen molar-refractivity contribution in [3.8, 4) is 5.75 Å². The summed E-state index contributed by atoms with van der Waals surface area (Å²) in [7, 11) is 0. The normalized spacial score (nSPS) is 14.3. The Morgan fingerprint density at radius 2 is 2.20 bits per heavy atom. The highest BCUT2D eigenvalue weighted by Crippen LogP contribution is 2.28. The number of benzene rings is 1. The Balaban J connectivity index is 1.52. The van der Waals surface area contributed by atoms with Gasteiger partial charge in [0.05, 0.1) is 16.1 Å². The molecular weight excluding hydrogens is 389 g/mol. The first-order chi connectivity index (χ1) is 12.1. The number of nitrogens with zero attached hydrogens (tertiary/aromatic N) is 2. The van der Waals surface area contributed by atoms with E-state index in [1.807, 2.05) is 0 Å². The molecule has 2 aromatic heterocycles. The number of halogens is 2. The molecule has 1 saturated carbocycles. The fourth-order valence-corrected chi connectivity index (χ4v) is 3.21. The summed E-state index contributed by atoms with van der Waals surface area (Å²) >= 11 is 3.40. The molecule has 1 N–H and O–H groups in total. The molecule has 1 amide bonds. The summed E-state index contributed by atoms with van der Waals surface area (Å²) in [6, 6.07) is 6.15. The molecule has 3 aromatic rings. The Morgan fingerprint density at radius 1 is 1.36 bits per heavy atom. The van der Waals surface area contributed by atoms with Gasteiger partial charge in [-0.3, -0.25) is 4.79 Å². The summed E-state index contributed by atoms with van der Waals surface area (Å²) in [6.07, 6.45) is 8.23. The molecule has 4 rings (SSSR count). The molecule has 5 nitrogen and oxygen atoms in total. The molecule has 2 heterocycles. The van der Waals surface area contributed by atoms with E-state index in [9.17, 15) is 9.18 Å². The van der Waals surface area contributed by atoms with E-state index in [4.69, 9.17) is 4.74 Å². The second kappa shape index (κ2) is 6.48. The minimum absolute atomic E-state index is 0.106. The number of nitrogens with one attached hydrogen (secondary N) is 1. The number of hydrogen-bond donors (Lipinski definition) is 1. The van der Waals surface area contributed by atoms with Crippen LogP contribution in [0.4, 0.5) is 10.1 Å². The summed E-state index contributed by atoms with van der Waals surface area (Å²) in [5.41, 5.74) is 1.54. The van der Waals surface area contributed by atoms with Crippen LogP contribution in [0, 0.1) is 5.82 Å². The van der Waals surface area contributed by atoms with Gasteiger partial charge in [-0.2, -0.15) is 0 Å². The fourth-order valence-electron chi connectivity index (χ4n) is 2.66. The summed E-state index contributed by atoms with van der Waals surface area (Å²) in [5, 5.41) is 2.70. The van der Waals surface area contributed by atoms with Gasteiger partial charge < -0.3 is 14.5 Å². The predicted molar refractivity (Wildman–Crippen MR) is 95.5 cm³/mol. The van der Waals surface area contributed by atoms with Crippen LogP contribution in [0.15, 0.2) is 47.3 Å². The third kappa shape index (κ3) is 3.24. The molecule has 128 valence electrons. The van der Waals surface area contributed by atoms with Crippen LogP contribution < -0.4 is 10.1 Å². The lowest BCUT2D eigenvalue weighted by Gasteiger charge is -2.26. The van der Waals surface area contributed by atoms with Crippen LogP contribution in [0.5, 0.6) is 5.75 Å². The molecule has 1 aliphatic carbocycles. The quantitative estimate of drug-likeness (QED) is 0.701. The number of aromatic nitrogens is 2. The minimum atomic E-state index is -0.476. The Bertz CT molecular complexity index is 953. The molecule has 0 atom stereocenters. The maximum atomic E-state index is 14.2. The van der Waals surface area contributed by atoms with Crippen LogP contribution in [0.1, 0.15) is 29.6 Å². The second-order valence-electron chi connectivity index (χ2n) is 6.00. The smallest absolute Gasteiger partial charge is 0.257 e. The first kappa shape index (κ1) is 16.1. The van der Waals surface area contributed by atoms with E-state index in [2.05, 4.69) is 26.2 Å². The van der Waals surface area contributed by atoms with Gasteiger partial charge in [-0.15, -0.1) is 0 Å². The highest BCUT2D eigenvalue weighted by molar-refractivity contribution is 9.10. The lowest BCUT2D eigenvalue weighted by Crippen LogP contribution is -2.25. The van der Waals surface area contributed by atoms with Gasteiger partial charge in [0.2, 0.25) is 0 Å². The maximum absolute atomic E-state index is 14.2. The highest BCUT2D eigenvalue weighted by Gasteiger charge is 2.20. The number of fused-ring (bicyclic) bond motifs is 1. The first-order valence-corrected chi connectivity index (χ1v) is 8.79. The van der Waals surface area contributed by atoms with Crippen molar-refractivity contribution in [1.82, 2.24) is 9.38 Å². The molecule has 1 aliphatic rings. The summed E-state index contributed by atoms with van der Waals surface area (Å²) < 4.78 is 22.2. The molecule has 0 saturated heterocycles. The van der Waals surface area contributed by atoms with E-state index in [1.54, 1.807) is 41.2 Å². The van der Waals surface area contributed by atoms with Gasteiger partial charge in [0, 0.05) is 30.3 Å². The number of carbonyl (C=O) groups is 1. The Hall–Kier alpha value is -2.41. The Morgan fingerprint density at radius 3 is 2.92 bits per heavy atom. The monoisotopic (exact) mass is 403 g/mol. The third-order valence-corrected chi connectivity index (χ3v) is 4.82. The summed E-state index contributed by atoms with van der Waals surface area (Å²) in [6.45, 7) is 0. The minimum Gasteiger partial charge on any atom is -0.487 e. The molecule has 1 fully saturated rings. The van der Waals surface area contributed by atoms with Crippen molar-refractivity contribution in [3.63, 3.8) is 0 Å².